The van der Waals surface area contributed by atoms with E-state index in [4.69, 9.17) is 0 Å². The quantitative estimate of drug-likeness (QED) is 0.207. The summed E-state index contributed by atoms with van der Waals surface area (Å²) in [6.07, 6.45) is -1.74. The molecule has 1 fully saturated rings. The molecule has 0 aliphatic carbocycles. The Labute approximate surface area is 258 Å². The van der Waals surface area contributed by atoms with Crippen molar-refractivity contribution in [2.45, 2.75) is 51.9 Å². The number of benzene rings is 3. The summed E-state index contributed by atoms with van der Waals surface area (Å²) < 4.78 is 42.6. The van der Waals surface area contributed by atoms with Crippen LogP contribution in [0.5, 0.6) is 5.75 Å². The van der Waals surface area contributed by atoms with E-state index in [0.29, 0.717) is 17.4 Å². The largest absolute Gasteiger partial charge is 0.573 e. The Bertz CT molecular complexity index is 1600. The smallest absolute Gasteiger partial charge is 0.406 e. The molecule has 2 amide bonds. The van der Waals surface area contributed by atoms with Gasteiger partial charge < -0.3 is 15.0 Å². The number of para-hydroxylation sites is 1. The molecule has 44 heavy (non-hydrogen) atoms. The van der Waals surface area contributed by atoms with Crippen LogP contribution < -0.4 is 15.0 Å². The number of aromatic nitrogens is 3. The first-order valence-corrected chi connectivity index (χ1v) is 15.3. The van der Waals surface area contributed by atoms with Crippen LogP contribution in [-0.4, -0.2) is 50.7 Å². The Kier molecular flexibility index (Phi) is 9.58. The third-order valence-corrected chi connectivity index (χ3v) is 8.06. The number of hydrogen-bond donors (Lipinski definition) is 1. The van der Waals surface area contributed by atoms with Crippen LogP contribution in [0.1, 0.15) is 44.2 Å². The van der Waals surface area contributed by atoms with Gasteiger partial charge in [0.15, 0.2) is 11.0 Å². The number of nitrogens with one attached hydrogen (secondary N) is 1. The van der Waals surface area contributed by atoms with Gasteiger partial charge in [0, 0.05) is 29.6 Å². The lowest BCUT2D eigenvalue weighted by atomic mass is 10.0. The van der Waals surface area contributed by atoms with E-state index in [-0.39, 0.29) is 17.8 Å². The lowest BCUT2D eigenvalue weighted by molar-refractivity contribution is -0.274. The number of rotatable bonds is 9. The predicted octanol–water partition coefficient (Wildman–Crippen LogP) is 7.60. The standard InChI is InChI=1S/C32H33F3N6O2S/c1-21(2)27-6-4-5-7-28(27)40-18-19-44-31(40)38-30(42)37-22(3)8-9-23-10-12-24(13-11-23)29-36-20-41(39-29)25-14-16-26(17-15-25)43-32(33,34)35/h4-7,10-17,20-22H,8-9,18-19H2,1-3H3,(H,37,42)/b38-31-. The second-order valence-electron chi connectivity index (χ2n) is 10.7. The van der Waals surface area contributed by atoms with Crippen molar-refractivity contribution in [1.82, 2.24) is 20.1 Å². The van der Waals surface area contributed by atoms with Crippen LogP contribution >= 0.6 is 11.8 Å². The molecular formula is C32H33F3N6O2S. The topological polar surface area (TPSA) is 84.6 Å². The molecule has 1 N–H and O–H groups in total. The minimum Gasteiger partial charge on any atom is -0.406 e. The number of thioether (sulfide) groups is 1. The molecule has 12 heteroatoms. The van der Waals surface area contributed by atoms with Gasteiger partial charge in [0.2, 0.25) is 0 Å². The molecule has 230 valence electrons. The second kappa shape index (κ2) is 13.5. The number of amidine groups is 1. The van der Waals surface area contributed by atoms with Crippen LogP contribution in [0.25, 0.3) is 17.1 Å². The molecule has 5 rings (SSSR count). The van der Waals surface area contributed by atoms with Crippen LogP contribution in [0, 0.1) is 0 Å². The first kappa shape index (κ1) is 31.1. The summed E-state index contributed by atoms with van der Waals surface area (Å²) in [7, 11) is 0. The van der Waals surface area contributed by atoms with E-state index >= 15 is 0 Å². The van der Waals surface area contributed by atoms with Gasteiger partial charge in [0.05, 0.1) is 5.69 Å². The number of aryl methyl sites for hydroxylation is 1. The number of carbonyl (C=O) groups excluding carboxylic acids is 1. The summed E-state index contributed by atoms with van der Waals surface area (Å²) in [5.41, 5.74) is 4.80. The average molecular weight is 623 g/mol. The number of amides is 2. The fourth-order valence-electron chi connectivity index (χ4n) is 4.87. The highest BCUT2D eigenvalue weighted by atomic mass is 32.2. The average Bonchev–Trinajstić information content (AvgIpc) is 3.66. The minimum atomic E-state index is -4.74. The predicted molar refractivity (Wildman–Crippen MR) is 168 cm³/mol. The van der Waals surface area contributed by atoms with Crippen LogP contribution in [0.15, 0.2) is 84.1 Å². The van der Waals surface area contributed by atoms with Gasteiger partial charge in [-0.3, -0.25) is 0 Å². The van der Waals surface area contributed by atoms with Gasteiger partial charge >= 0.3 is 12.4 Å². The lowest BCUT2D eigenvalue weighted by Gasteiger charge is -2.23. The van der Waals surface area contributed by atoms with Crippen molar-refractivity contribution in [3.8, 4) is 22.8 Å². The Hall–Kier alpha value is -4.32. The molecule has 1 saturated heterocycles. The van der Waals surface area contributed by atoms with Gasteiger partial charge in [-0.05, 0) is 67.1 Å². The maximum Gasteiger partial charge on any atom is 0.573 e. The summed E-state index contributed by atoms with van der Waals surface area (Å²) in [4.78, 5) is 23.7. The van der Waals surface area contributed by atoms with Crippen molar-refractivity contribution < 1.29 is 22.7 Å². The first-order chi connectivity index (χ1) is 21.1. The summed E-state index contributed by atoms with van der Waals surface area (Å²) >= 11 is 1.59. The van der Waals surface area contributed by atoms with E-state index in [1.54, 1.807) is 11.8 Å². The van der Waals surface area contributed by atoms with E-state index in [1.165, 1.54) is 40.8 Å². The summed E-state index contributed by atoms with van der Waals surface area (Å²) in [5.74, 6) is 1.43. The van der Waals surface area contributed by atoms with Gasteiger partial charge in [-0.1, -0.05) is 68.1 Å². The zero-order valence-electron chi connectivity index (χ0n) is 24.6. The molecular weight excluding hydrogens is 589 g/mol. The van der Waals surface area contributed by atoms with Crippen molar-refractivity contribution >= 4 is 28.6 Å². The summed E-state index contributed by atoms with van der Waals surface area (Å²) in [6, 6.07) is 21.1. The maximum absolute atomic E-state index is 12.8. The van der Waals surface area contributed by atoms with E-state index in [9.17, 15) is 18.0 Å². The number of nitrogens with zero attached hydrogens (tertiary/aromatic N) is 5. The monoisotopic (exact) mass is 622 g/mol. The van der Waals surface area contributed by atoms with Crippen LogP contribution in [0.2, 0.25) is 0 Å². The van der Waals surface area contributed by atoms with Gasteiger partial charge in [-0.15, -0.1) is 18.3 Å². The van der Waals surface area contributed by atoms with Crippen LogP contribution in [0.4, 0.5) is 23.7 Å². The zero-order chi connectivity index (χ0) is 31.3. The molecule has 0 spiro atoms. The number of urea groups is 1. The molecule has 2 heterocycles. The minimum absolute atomic E-state index is 0.0698. The third kappa shape index (κ3) is 7.98. The van der Waals surface area contributed by atoms with Gasteiger partial charge in [-0.2, -0.15) is 4.99 Å². The van der Waals surface area contributed by atoms with Gasteiger partial charge in [-0.25, -0.2) is 14.5 Å². The number of hydrogen-bond acceptors (Lipinski definition) is 5. The SMILES string of the molecule is CC(CCc1ccc(-c2ncn(-c3ccc(OC(F)(F)F)cc3)n2)cc1)NC(=O)/N=C1\SCCN1c1ccccc1C(C)C. The molecule has 1 aliphatic rings. The number of carbonyl (C=O) groups is 1. The Morgan fingerprint density at radius 1 is 1.05 bits per heavy atom. The number of alkyl halides is 3. The van der Waals surface area contributed by atoms with Crippen LogP contribution in [-0.2, 0) is 6.42 Å². The van der Waals surface area contributed by atoms with E-state index in [1.807, 2.05) is 43.3 Å². The first-order valence-electron chi connectivity index (χ1n) is 14.3. The molecule has 1 aliphatic heterocycles. The molecule has 1 aromatic heterocycles. The highest BCUT2D eigenvalue weighted by molar-refractivity contribution is 8.14. The van der Waals surface area contributed by atoms with E-state index in [0.717, 1.165) is 47.1 Å². The number of ether oxygens (including phenoxy) is 1. The van der Waals surface area contributed by atoms with Gasteiger partial charge in [0.25, 0.3) is 0 Å². The highest BCUT2D eigenvalue weighted by Gasteiger charge is 2.31. The van der Waals surface area contributed by atoms with Crippen molar-refractivity contribution in [1.29, 1.82) is 0 Å². The number of halogens is 3. The van der Waals surface area contributed by atoms with Crippen LogP contribution in [0.3, 0.4) is 0 Å². The molecule has 0 saturated carbocycles. The summed E-state index contributed by atoms with van der Waals surface area (Å²) in [5, 5.41) is 8.18. The van der Waals surface area contributed by atoms with Crippen molar-refractivity contribution in [3.63, 3.8) is 0 Å². The number of anilines is 1. The molecule has 4 aromatic rings. The van der Waals surface area contributed by atoms with Crippen molar-refractivity contribution in [3.05, 3.63) is 90.3 Å². The molecule has 1 unspecified atom stereocenters. The fourth-order valence-corrected chi connectivity index (χ4v) is 5.81. The molecule has 3 aromatic carbocycles. The van der Waals surface area contributed by atoms with Crippen molar-refractivity contribution in [2.75, 3.05) is 17.2 Å². The molecule has 1 atom stereocenters. The van der Waals surface area contributed by atoms with E-state index < -0.39 is 6.36 Å². The maximum atomic E-state index is 12.8. The Morgan fingerprint density at radius 2 is 1.77 bits per heavy atom. The normalized spacial score (nSPS) is 15.2. The number of aliphatic imine (C=N–C) groups is 1. The molecule has 0 bridgehead atoms. The lowest BCUT2D eigenvalue weighted by Crippen LogP contribution is -2.33. The highest BCUT2D eigenvalue weighted by Crippen LogP contribution is 2.32. The van der Waals surface area contributed by atoms with E-state index in [2.05, 4.69) is 56.0 Å². The molecule has 8 nitrogen and oxygen atoms in total. The third-order valence-electron chi connectivity index (χ3n) is 7.10. The van der Waals surface area contributed by atoms with Gasteiger partial charge in [0.1, 0.15) is 12.1 Å². The van der Waals surface area contributed by atoms with Crippen molar-refractivity contribution in [2.24, 2.45) is 4.99 Å². The Morgan fingerprint density at radius 3 is 2.48 bits per heavy atom. The fraction of sp³-hybridized carbons (Fsp3) is 0.312. The second-order valence-corrected chi connectivity index (χ2v) is 11.8. The summed E-state index contributed by atoms with van der Waals surface area (Å²) in [6.45, 7) is 7.11. The Balaban J connectivity index is 1.14. The zero-order valence-corrected chi connectivity index (χ0v) is 25.4. The molecule has 0 radical (unpaired) electrons.